The molecule has 0 aliphatic heterocycles. The molecular weight excluding hydrogens is 276 g/mol. The van der Waals surface area contributed by atoms with Gasteiger partial charge in [-0.1, -0.05) is 26.8 Å². The second-order valence-electron chi connectivity index (χ2n) is 5.94. The summed E-state index contributed by atoms with van der Waals surface area (Å²) in [6.07, 6.45) is 0. The zero-order valence-electron chi connectivity index (χ0n) is 12.5. The number of benzene rings is 1. The summed E-state index contributed by atoms with van der Waals surface area (Å²) in [6.45, 7) is 9.85. The van der Waals surface area contributed by atoms with Crippen LogP contribution in [0.15, 0.2) is 6.07 Å². The fraction of sp³-hybridized carbons (Fsp3) is 0.533. The van der Waals surface area contributed by atoms with Crippen molar-refractivity contribution in [3.8, 4) is 5.75 Å². The molecule has 0 spiro atoms. The smallest absolute Gasteiger partial charge is 0.343 e. The summed E-state index contributed by atoms with van der Waals surface area (Å²) in [5, 5.41) is 28.3. The maximum absolute atomic E-state index is 10.6. The van der Waals surface area contributed by atoms with E-state index in [0.717, 1.165) is 34.0 Å². The normalized spacial score (nSPS) is 13.3. The van der Waals surface area contributed by atoms with Crippen molar-refractivity contribution in [3.63, 3.8) is 0 Å². The van der Waals surface area contributed by atoms with Gasteiger partial charge in [0.2, 0.25) is 0 Å². The lowest BCUT2D eigenvalue weighted by Crippen LogP contribution is -2.16. The standard InChI is InChI=1S/C15H22O4S/c1-8-6-11(15(3,4)5)12(16)9(2)10(8)7-20-14(19)13(17)18/h6,14,16,19H,7H2,1-5H3,(H,17,18). The van der Waals surface area contributed by atoms with Gasteiger partial charge in [-0.2, -0.15) is 0 Å². The Morgan fingerprint density at radius 2 is 1.90 bits per heavy atom. The van der Waals surface area contributed by atoms with Crippen LogP contribution in [0.5, 0.6) is 5.75 Å². The van der Waals surface area contributed by atoms with Crippen LogP contribution in [0, 0.1) is 13.8 Å². The van der Waals surface area contributed by atoms with Crippen LogP contribution in [0.3, 0.4) is 0 Å². The van der Waals surface area contributed by atoms with Gasteiger partial charge in [-0.25, -0.2) is 4.79 Å². The van der Waals surface area contributed by atoms with E-state index in [0.29, 0.717) is 5.75 Å². The van der Waals surface area contributed by atoms with Crippen LogP contribution in [0.2, 0.25) is 0 Å². The number of aromatic hydroxyl groups is 1. The van der Waals surface area contributed by atoms with Crippen LogP contribution in [0.4, 0.5) is 0 Å². The Balaban J connectivity index is 3.12. The molecule has 1 rings (SSSR count). The summed E-state index contributed by atoms with van der Waals surface area (Å²) in [7, 11) is 0. The summed E-state index contributed by atoms with van der Waals surface area (Å²) in [6, 6.07) is 1.94. The maximum Gasteiger partial charge on any atom is 0.343 e. The highest BCUT2D eigenvalue weighted by atomic mass is 32.2. The van der Waals surface area contributed by atoms with E-state index >= 15 is 0 Å². The van der Waals surface area contributed by atoms with E-state index in [-0.39, 0.29) is 11.2 Å². The predicted octanol–water partition coefficient (Wildman–Crippen LogP) is 2.94. The van der Waals surface area contributed by atoms with Gasteiger partial charge in [0, 0.05) is 5.75 Å². The molecule has 20 heavy (non-hydrogen) atoms. The SMILES string of the molecule is Cc1cc(C(C)(C)C)c(O)c(C)c1CSC(O)C(=O)O. The third kappa shape index (κ3) is 3.67. The van der Waals surface area contributed by atoms with Gasteiger partial charge in [-0.15, -0.1) is 11.8 Å². The highest BCUT2D eigenvalue weighted by molar-refractivity contribution is 7.99. The van der Waals surface area contributed by atoms with Crippen LogP contribution in [-0.4, -0.2) is 26.7 Å². The molecule has 0 radical (unpaired) electrons. The van der Waals surface area contributed by atoms with Crippen molar-refractivity contribution in [1.29, 1.82) is 0 Å². The number of carbonyl (C=O) groups is 1. The first-order valence-corrected chi connectivity index (χ1v) is 7.45. The zero-order chi connectivity index (χ0) is 15.7. The lowest BCUT2D eigenvalue weighted by atomic mass is 9.83. The number of carboxylic acid groups (broad SMARTS) is 1. The molecule has 1 aromatic rings. The van der Waals surface area contributed by atoms with Gasteiger partial charge in [-0.05, 0) is 41.5 Å². The van der Waals surface area contributed by atoms with E-state index in [1.165, 1.54) is 0 Å². The van der Waals surface area contributed by atoms with Gasteiger partial charge in [-0.3, -0.25) is 0 Å². The van der Waals surface area contributed by atoms with E-state index in [2.05, 4.69) is 0 Å². The Kier molecular flexibility index (Phi) is 5.10. The molecule has 5 heteroatoms. The topological polar surface area (TPSA) is 77.8 Å². The molecular formula is C15H22O4S. The molecule has 1 atom stereocenters. The third-order valence-corrected chi connectivity index (χ3v) is 4.28. The van der Waals surface area contributed by atoms with Gasteiger partial charge >= 0.3 is 5.97 Å². The number of phenols is 1. The van der Waals surface area contributed by atoms with E-state index in [4.69, 9.17) is 5.11 Å². The van der Waals surface area contributed by atoms with Crippen molar-refractivity contribution in [2.24, 2.45) is 0 Å². The van der Waals surface area contributed by atoms with Crippen LogP contribution < -0.4 is 0 Å². The molecule has 0 saturated carbocycles. The first-order chi connectivity index (χ1) is 9.05. The number of carboxylic acids is 1. The van der Waals surface area contributed by atoms with E-state index in [1.807, 2.05) is 40.7 Å². The number of aryl methyl sites for hydroxylation is 1. The monoisotopic (exact) mass is 298 g/mol. The number of phenolic OH excluding ortho intramolecular Hbond substituents is 1. The lowest BCUT2D eigenvalue weighted by molar-refractivity contribution is -0.141. The molecule has 0 heterocycles. The van der Waals surface area contributed by atoms with E-state index < -0.39 is 11.4 Å². The molecule has 112 valence electrons. The number of aliphatic hydroxyl groups excluding tert-OH is 1. The minimum atomic E-state index is -1.45. The average Bonchev–Trinajstić information content (AvgIpc) is 2.31. The van der Waals surface area contributed by atoms with Crippen molar-refractivity contribution < 1.29 is 20.1 Å². The van der Waals surface area contributed by atoms with Gasteiger partial charge in [0.15, 0.2) is 5.44 Å². The van der Waals surface area contributed by atoms with Gasteiger partial charge in [0.1, 0.15) is 5.75 Å². The van der Waals surface area contributed by atoms with Crippen molar-refractivity contribution in [1.82, 2.24) is 0 Å². The van der Waals surface area contributed by atoms with Crippen molar-refractivity contribution >= 4 is 17.7 Å². The summed E-state index contributed by atoms with van der Waals surface area (Å²) in [4.78, 5) is 10.6. The molecule has 0 fully saturated rings. The van der Waals surface area contributed by atoms with Gasteiger partial charge in [0.25, 0.3) is 0 Å². The van der Waals surface area contributed by atoms with Gasteiger partial charge in [0.05, 0.1) is 0 Å². The molecule has 0 aliphatic carbocycles. The third-order valence-electron chi connectivity index (χ3n) is 3.30. The summed E-state index contributed by atoms with van der Waals surface area (Å²) in [5.41, 5.74) is 1.89. The summed E-state index contributed by atoms with van der Waals surface area (Å²) in [5.74, 6) is -0.646. The lowest BCUT2D eigenvalue weighted by Gasteiger charge is -2.24. The Hall–Kier alpha value is -1.20. The minimum Gasteiger partial charge on any atom is -0.507 e. The number of hydrogen-bond donors (Lipinski definition) is 3. The predicted molar refractivity (Wildman–Crippen MR) is 81.2 cm³/mol. The molecule has 0 saturated heterocycles. The molecule has 0 amide bonds. The van der Waals surface area contributed by atoms with Crippen molar-refractivity contribution in [3.05, 3.63) is 28.3 Å². The molecule has 1 aromatic carbocycles. The second kappa shape index (κ2) is 6.06. The molecule has 0 aliphatic rings. The summed E-state index contributed by atoms with van der Waals surface area (Å²) < 4.78 is 0. The second-order valence-corrected chi connectivity index (χ2v) is 7.01. The van der Waals surface area contributed by atoms with Crippen molar-refractivity contribution in [2.45, 2.75) is 51.2 Å². The molecule has 1 unspecified atom stereocenters. The highest BCUT2D eigenvalue weighted by Crippen LogP contribution is 2.37. The Morgan fingerprint density at radius 3 is 2.35 bits per heavy atom. The number of hydrogen-bond acceptors (Lipinski definition) is 4. The highest BCUT2D eigenvalue weighted by Gasteiger charge is 2.23. The Labute approximate surface area is 123 Å². The summed E-state index contributed by atoms with van der Waals surface area (Å²) >= 11 is 0.933. The number of aliphatic carboxylic acids is 1. The van der Waals surface area contributed by atoms with Crippen LogP contribution in [0.25, 0.3) is 0 Å². The molecule has 3 N–H and O–H groups in total. The number of rotatable bonds is 4. The van der Waals surface area contributed by atoms with E-state index in [1.54, 1.807) is 0 Å². The minimum absolute atomic E-state index is 0.161. The van der Waals surface area contributed by atoms with Crippen LogP contribution >= 0.6 is 11.8 Å². The fourth-order valence-electron chi connectivity index (χ4n) is 2.04. The van der Waals surface area contributed by atoms with Crippen LogP contribution in [0.1, 0.15) is 43.0 Å². The number of aliphatic hydroxyl groups is 1. The molecule has 0 aromatic heterocycles. The molecule has 0 bridgehead atoms. The maximum atomic E-state index is 10.6. The Morgan fingerprint density at radius 1 is 1.35 bits per heavy atom. The molecule has 4 nitrogen and oxygen atoms in total. The van der Waals surface area contributed by atoms with Crippen molar-refractivity contribution in [2.75, 3.05) is 0 Å². The van der Waals surface area contributed by atoms with Gasteiger partial charge < -0.3 is 15.3 Å². The quantitative estimate of drug-likeness (QED) is 0.745. The van der Waals surface area contributed by atoms with Crippen LogP contribution in [-0.2, 0) is 16.0 Å². The Bertz CT molecular complexity index is 518. The fourth-order valence-corrected chi connectivity index (χ4v) is 2.95. The average molecular weight is 298 g/mol. The largest absolute Gasteiger partial charge is 0.507 e. The zero-order valence-corrected chi connectivity index (χ0v) is 13.3. The van der Waals surface area contributed by atoms with E-state index in [9.17, 15) is 15.0 Å². The first kappa shape index (κ1) is 16.9. The first-order valence-electron chi connectivity index (χ1n) is 6.40. The number of thioether (sulfide) groups is 1.